The lowest BCUT2D eigenvalue weighted by Gasteiger charge is -2.35. The van der Waals surface area contributed by atoms with Crippen LogP contribution >= 0.6 is 0 Å². The molecule has 1 aromatic heterocycles. The van der Waals surface area contributed by atoms with Crippen LogP contribution in [0.5, 0.6) is 0 Å². The molecule has 0 saturated carbocycles. The molecule has 0 amide bonds. The van der Waals surface area contributed by atoms with Gasteiger partial charge in [-0.3, -0.25) is 4.72 Å². The smallest absolute Gasteiger partial charge is 0.263 e. The number of hydrogen-bond acceptors (Lipinski definition) is 5. The van der Waals surface area contributed by atoms with Gasteiger partial charge in [0.25, 0.3) is 10.0 Å². The van der Waals surface area contributed by atoms with Gasteiger partial charge in [0.1, 0.15) is 5.82 Å². The molecule has 26 heavy (non-hydrogen) atoms. The molecule has 0 spiro atoms. The van der Waals surface area contributed by atoms with Crippen molar-refractivity contribution in [3.05, 3.63) is 47.7 Å². The Morgan fingerprint density at radius 2 is 1.81 bits per heavy atom. The highest BCUT2D eigenvalue weighted by Gasteiger charge is 2.19. The van der Waals surface area contributed by atoms with Crippen molar-refractivity contribution in [3.63, 3.8) is 0 Å². The van der Waals surface area contributed by atoms with Crippen LogP contribution in [-0.2, 0) is 10.0 Å². The topological polar surface area (TPSA) is 65.5 Å². The Bertz CT molecular complexity index is 858. The third kappa shape index (κ3) is 4.16. The first kappa shape index (κ1) is 18.7. The van der Waals surface area contributed by atoms with Gasteiger partial charge in [0.15, 0.2) is 0 Å². The molecule has 6 nitrogen and oxygen atoms in total. The van der Waals surface area contributed by atoms with Crippen molar-refractivity contribution in [1.29, 1.82) is 0 Å². The molecular weight excluding hydrogens is 348 g/mol. The maximum absolute atomic E-state index is 12.6. The van der Waals surface area contributed by atoms with Crippen molar-refractivity contribution in [1.82, 2.24) is 9.88 Å². The molecule has 2 aromatic rings. The number of rotatable bonds is 5. The van der Waals surface area contributed by atoms with Gasteiger partial charge >= 0.3 is 0 Å². The third-order valence-corrected chi connectivity index (χ3v) is 6.31. The molecule has 3 rings (SSSR count). The van der Waals surface area contributed by atoms with E-state index in [1.54, 1.807) is 31.3 Å². The molecule has 0 bridgehead atoms. The quantitative estimate of drug-likeness (QED) is 0.872. The van der Waals surface area contributed by atoms with Crippen LogP contribution in [0.4, 0.5) is 11.5 Å². The van der Waals surface area contributed by atoms with Crippen molar-refractivity contribution in [2.75, 3.05) is 42.3 Å². The molecule has 0 unspecified atom stereocenters. The zero-order valence-electron chi connectivity index (χ0n) is 15.6. The summed E-state index contributed by atoms with van der Waals surface area (Å²) in [4.78, 5) is 9.28. The van der Waals surface area contributed by atoms with Crippen LogP contribution in [0.2, 0.25) is 0 Å². The summed E-state index contributed by atoms with van der Waals surface area (Å²) in [5.74, 6) is 0.334. The summed E-state index contributed by atoms with van der Waals surface area (Å²) in [6, 6.07) is 8.95. The molecule has 0 aliphatic carbocycles. The van der Waals surface area contributed by atoms with E-state index < -0.39 is 10.0 Å². The second-order valence-electron chi connectivity index (χ2n) is 6.70. The SMILES string of the molecule is CCN1CCN(c2ccc(NS(=O)(=O)c3ccc(C)cc3C)nc2)CC1. The van der Waals surface area contributed by atoms with Gasteiger partial charge in [-0.25, -0.2) is 13.4 Å². The molecule has 1 aliphatic rings. The lowest BCUT2D eigenvalue weighted by molar-refractivity contribution is 0.271. The van der Waals surface area contributed by atoms with Gasteiger partial charge in [0, 0.05) is 26.2 Å². The van der Waals surface area contributed by atoms with E-state index in [9.17, 15) is 8.42 Å². The van der Waals surface area contributed by atoms with Crippen LogP contribution in [0.25, 0.3) is 0 Å². The van der Waals surface area contributed by atoms with E-state index in [2.05, 4.69) is 26.4 Å². The lowest BCUT2D eigenvalue weighted by atomic mass is 10.2. The number of aryl methyl sites for hydroxylation is 2. The van der Waals surface area contributed by atoms with E-state index >= 15 is 0 Å². The fourth-order valence-electron chi connectivity index (χ4n) is 3.25. The number of aromatic nitrogens is 1. The summed E-state index contributed by atoms with van der Waals surface area (Å²) in [5.41, 5.74) is 2.78. The molecule has 0 atom stereocenters. The standard InChI is InChI=1S/C19H26N4O2S/c1-4-22-9-11-23(12-10-22)17-6-8-19(20-14-17)21-26(24,25)18-7-5-15(2)13-16(18)3/h5-8,13-14H,4,9-12H2,1-3H3,(H,20,21). The molecular formula is C19H26N4O2S. The molecule has 0 radical (unpaired) electrons. The van der Waals surface area contributed by atoms with E-state index in [-0.39, 0.29) is 4.90 Å². The average molecular weight is 375 g/mol. The monoisotopic (exact) mass is 374 g/mol. The fourth-order valence-corrected chi connectivity index (χ4v) is 4.49. The minimum absolute atomic E-state index is 0.282. The maximum atomic E-state index is 12.6. The molecule has 1 aromatic carbocycles. The zero-order valence-corrected chi connectivity index (χ0v) is 16.4. The Morgan fingerprint density at radius 3 is 2.38 bits per heavy atom. The van der Waals surface area contributed by atoms with Crippen molar-refractivity contribution >= 4 is 21.5 Å². The van der Waals surface area contributed by atoms with E-state index in [1.807, 2.05) is 19.1 Å². The molecule has 1 N–H and O–H groups in total. The van der Waals surface area contributed by atoms with Crippen molar-refractivity contribution < 1.29 is 8.42 Å². The van der Waals surface area contributed by atoms with Gasteiger partial charge in [-0.15, -0.1) is 0 Å². The van der Waals surface area contributed by atoms with Crippen LogP contribution in [0.3, 0.4) is 0 Å². The Labute approximate surface area is 155 Å². The minimum Gasteiger partial charge on any atom is -0.368 e. The van der Waals surface area contributed by atoms with Crippen LogP contribution in [-0.4, -0.2) is 51.0 Å². The number of piperazine rings is 1. The number of sulfonamides is 1. The summed E-state index contributed by atoms with van der Waals surface area (Å²) >= 11 is 0. The largest absolute Gasteiger partial charge is 0.368 e. The molecule has 7 heteroatoms. The number of benzene rings is 1. The number of nitrogens with zero attached hydrogens (tertiary/aromatic N) is 3. The highest BCUT2D eigenvalue weighted by atomic mass is 32.2. The minimum atomic E-state index is -3.64. The highest BCUT2D eigenvalue weighted by molar-refractivity contribution is 7.92. The normalized spacial score (nSPS) is 15.9. The summed E-state index contributed by atoms with van der Waals surface area (Å²) in [7, 11) is -3.64. The van der Waals surface area contributed by atoms with Gasteiger partial charge in [-0.1, -0.05) is 24.6 Å². The van der Waals surface area contributed by atoms with Crippen LogP contribution < -0.4 is 9.62 Å². The van der Waals surface area contributed by atoms with Gasteiger partial charge in [0.05, 0.1) is 16.8 Å². The third-order valence-electron chi connectivity index (χ3n) is 4.79. The maximum Gasteiger partial charge on any atom is 0.263 e. The average Bonchev–Trinajstić information content (AvgIpc) is 2.62. The van der Waals surface area contributed by atoms with Crippen LogP contribution in [0.1, 0.15) is 18.1 Å². The number of nitrogens with one attached hydrogen (secondary N) is 1. The Balaban J connectivity index is 1.71. The molecule has 140 valence electrons. The molecule has 2 heterocycles. The first-order valence-electron chi connectivity index (χ1n) is 8.92. The number of hydrogen-bond donors (Lipinski definition) is 1. The molecule has 1 fully saturated rings. The number of pyridine rings is 1. The van der Waals surface area contributed by atoms with Gasteiger partial charge in [-0.2, -0.15) is 0 Å². The summed E-state index contributed by atoms with van der Waals surface area (Å²) in [6.07, 6.45) is 1.74. The van der Waals surface area contributed by atoms with E-state index in [0.717, 1.165) is 49.5 Å². The van der Waals surface area contributed by atoms with E-state index in [1.165, 1.54) is 0 Å². The summed E-state index contributed by atoms with van der Waals surface area (Å²) < 4.78 is 27.8. The Morgan fingerprint density at radius 1 is 1.08 bits per heavy atom. The summed E-state index contributed by atoms with van der Waals surface area (Å²) in [6.45, 7) is 11.0. The first-order valence-corrected chi connectivity index (χ1v) is 10.4. The second kappa shape index (κ2) is 7.63. The fraction of sp³-hybridized carbons (Fsp3) is 0.421. The molecule has 1 saturated heterocycles. The zero-order chi connectivity index (χ0) is 18.7. The molecule has 1 aliphatic heterocycles. The van der Waals surface area contributed by atoms with Crippen molar-refractivity contribution in [2.45, 2.75) is 25.7 Å². The number of likely N-dealkylation sites (N-methyl/N-ethyl adjacent to an activating group) is 1. The van der Waals surface area contributed by atoms with E-state index in [4.69, 9.17) is 0 Å². The van der Waals surface area contributed by atoms with Crippen LogP contribution in [0.15, 0.2) is 41.4 Å². The van der Waals surface area contributed by atoms with E-state index in [0.29, 0.717) is 5.82 Å². The lowest BCUT2D eigenvalue weighted by Crippen LogP contribution is -2.46. The highest BCUT2D eigenvalue weighted by Crippen LogP contribution is 2.21. The number of anilines is 2. The van der Waals surface area contributed by atoms with Crippen LogP contribution in [0, 0.1) is 13.8 Å². The Hall–Kier alpha value is -2.12. The van der Waals surface area contributed by atoms with Crippen molar-refractivity contribution in [3.8, 4) is 0 Å². The van der Waals surface area contributed by atoms with Gasteiger partial charge in [0.2, 0.25) is 0 Å². The predicted molar refractivity (Wildman–Crippen MR) is 105 cm³/mol. The first-order chi connectivity index (χ1) is 12.4. The van der Waals surface area contributed by atoms with Gasteiger partial charge in [-0.05, 0) is 44.2 Å². The van der Waals surface area contributed by atoms with Gasteiger partial charge < -0.3 is 9.80 Å². The summed E-state index contributed by atoms with van der Waals surface area (Å²) in [5, 5.41) is 0. The predicted octanol–water partition coefficient (Wildman–Crippen LogP) is 2.64. The second-order valence-corrected chi connectivity index (χ2v) is 8.35. The van der Waals surface area contributed by atoms with Crippen molar-refractivity contribution in [2.24, 2.45) is 0 Å². The Kier molecular flexibility index (Phi) is 5.48.